The summed E-state index contributed by atoms with van der Waals surface area (Å²) >= 11 is 7.54. The van der Waals surface area contributed by atoms with Crippen molar-refractivity contribution >= 4 is 33.8 Å². The van der Waals surface area contributed by atoms with Gasteiger partial charge in [0.15, 0.2) is 17.5 Å². The number of benzene rings is 1. The third-order valence-electron chi connectivity index (χ3n) is 2.79. The van der Waals surface area contributed by atoms with E-state index in [0.717, 1.165) is 23.3 Å². The Labute approximate surface area is 116 Å². The molecule has 3 aromatic rings. The average Bonchev–Trinajstić information content (AvgIpc) is 2.78. The molecule has 2 heterocycles. The van der Waals surface area contributed by atoms with E-state index in [9.17, 15) is 8.78 Å². The van der Waals surface area contributed by atoms with Crippen LogP contribution in [-0.4, -0.2) is 9.97 Å². The highest BCUT2D eigenvalue weighted by atomic mass is 35.5. The van der Waals surface area contributed by atoms with Crippen molar-refractivity contribution in [1.29, 1.82) is 0 Å². The van der Waals surface area contributed by atoms with Gasteiger partial charge in [-0.25, -0.2) is 18.7 Å². The second kappa shape index (κ2) is 4.51. The zero-order valence-electron chi connectivity index (χ0n) is 9.75. The lowest BCUT2D eigenvalue weighted by Crippen LogP contribution is -1.94. The second-order valence-electron chi connectivity index (χ2n) is 4.09. The van der Waals surface area contributed by atoms with Crippen molar-refractivity contribution in [3.63, 3.8) is 0 Å². The molecule has 0 aliphatic heterocycles. The van der Waals surface area contributed by atoms with Gasteiger partial charge in [0.05, 0.1) is 5.52 Å². The van der Waals surface area contributed by atoms with Crippen LogP contribution in [0.25, 0.3) is 22.3 Å². The van der Waals surface area contributed by atoms with E-state index in [0.29, 0.717) is 16.7 Å². The molecule has 0 amide bonds. The first-order chi connectivity index (χ1) is 9.06. The summed E-state index contributed by atoms with van der Waals surface area (Å²) in [6.45, 7) is 1.93. The molecule has 0 atom stereocenters. The number of rotatable bonds is 1. The van der Waals surface area contributed by atoms with Crippen LogP contribution in [0.15, 0.2) is 22.9 Å². The number of hydrogen-bond donors (Lipinski definition) is 0. The summed E-state index contributed by atoms with van der Waals surface area (Å²) in [5.74, 6) is -1.49. The summed E-state index contributed by atoms with van der Waals surface area (Å²) in [7, 11) is 0. The van der Waals surface area contributed by atoms with Gasteiger partial charge in [0.1, 0.15) is 5.15 Å². The van der Waals surface area contributed by atoms with Crippen LogP contribution in [0.4, 0.5) is 8.78 Å². The minimum Gasteiger partial charge on any atom is -0.228 e. The van der Waals surface area contributed by atoms with Crippen molar-refractivity contribution < 1.29 is 8.78 Å². The first-order valence-corrected chi connectivity index (χ1v) is 6.74. The molecular formula is C13H7ClF2N2S. The van der Waals surface area contributed by atoms with E-state index in [-0.39, 0.29) is 5.15 Å². The van der Waals surface area contributed by atoms with Gasteiger partial charge in [0, 0.05) is 22.4 Å². The van der Waals surface area contributed by atoms with E-state index >= 15 is 0 Å². The van der Waals surface area contributed by atoms with Crippen LogP contribution in [0.1, 0.15) is 5.56 Å². The molecule has 0 saturated heterocycles. The van der Waals surface area contributed by atoms with E-state index < -0.39 is 11.6 Å². The average molecular weight is 297 g/mol. The SMILES string of the molecule is Cc1cscc1-c1nc(Cl)c2cc(F)c(F)cc2n1. The molecule has 2 nitrogen and oxygen atoms in total. The van der Waals surface area contributed by atoms with Crippen molar-refractivity contribution in [2.24, 2.45) is 0 Å². The van der Waals surface area contributed by atoms with Crippen molar-refractivity contribution in [1.82, 2.24) is 9.97 Å². The van der Waals surface area contributed by atoms with E-state index in [2.05, 4.69) is 9.97 Å². The highest BCUT2D eigenvalue weighted by molar-refractivity contribution is 7.08. The second-order valence-corrected chi connectivity index (χ2v) is 5.19. The Morgan fingerprint density at radius 1 is 1.11 bits per heavy atom. The highest BCUT2D eigenvalue weighted by Crippen LogP contribution is 2.29. The van der Waals surface area contributed by atoms with Gasteiger partial charge in [-0.3, -0.25) is 0 Å². The highest BCUT2D eigenvalue weighted by Gasteiger charge is 2.13. The molecule has 0 fully saturated rings. The normalized spacial score (nSPS) is 11.2. The predicted octanol–water partition coefficient (Wildman–Crippen LogP) is 4.60. The molecule has 0 N–H and O–H groups in total. The fourth-order valence-corrected chi connectivity index (χ4v) is 2.85. The molecule has 1 aromatic carbocycles. The van der Waals surface area contributed by atoms with Crippen LogP contribution in [0.3, 0.4) is 0 Å². The maximum Gasteiger partial charge on any atom is 0.162 e. The van der Waals surface area contributed by atoms with E-state index in [4.69, 9.17) is 11.6 Å². The van der Waals surface area contributed by atoms with E-state index in [1.807, 2.05) is 17.7 Å². The minimum absolute atomic E-state index is 0.115. The molecule has 96 valence electrons. The smallest absolute Gasteiger partial charge is 0.162 e. The van der Waals surface area contributed by atoms with Crippen LogP contribution in [0.5, 0.6) is 0 Å². The van der Waals surface area contributed by atoms with Gasteiger partial charge in [-0.15, -0.1) is 0 Å². The Morgan fingerprint density at radius 2 is 1.84 bits per heavy atom. The lowest BCUT2D eigenvalue weighted by Gasteiger charge is -2.05. The Hall–Kier alpha value is -1.59. The van der Waals surface area contributed by atoms with E-state index in [1.165, 1.54) is 11.3 Å². The van der Waals surface area contributed by atoms with Gasteiger partial charge in [-0.2, -0.15) is 11.3 Å². The lowest BCUT2D eigenvalue weighted by atomic mass is 10.2. The largest absolute Gasteiger partial charge is 0.228 e. The van der Waals surface area contributed by atoms with Gasteiger partial charge in [-0.1, -0.05) is 11.6 Å². The predicted molar refractivity (Wildman–Crippen MR) is 72.5 cm³/mol. The molecule has 0 saturated carbocycles. The van der Waals surface area contributed by atoms with Crippen LogP contribution >= 0.6 is 22.9 Å². The van der Waals surface area contributed by atoms with Gasteiger partial charge >= 0.3 is 0 Å². The number of thiophene rings is 1. The summed E-state index contributed by atoms with van der Waals surface area (Å²) in [5, 5.41) is 4.27. The fourth-order valence-electron chi connectivity index (χ4n) is 1.80. The van der Waals surface area contributed by atoms with Crippen molar-refractivity contribution in [3.05, 3.63) is 45.2 Å². The number of fused-ring (bicyclic) bond motifs is 1. The standard InChI is InChI=1S/C13H7ClF2N2S/c1-6-4-19-5-8(6)13-17-11-3-10(16)9(15)2-7(11)12(14)18-13/h2-5H,1H3. The first-order valence-electron chi connectivity index (χ1n) is 5.41. The van der Waals surface area contributed by atoms with Crippen LogP contribution in [-0.2, 0) is 0 Å². The first kappa shape index (κ1) is 12.4. The van der Waals surface area contributed by atoms with E-state index in [1.54, 1.807) is 0 Å². The summed E-state index contributed by atoms with van der Waals surface area (Å²) in [4.78, 5) is 8.39. The summed E-state index contributed by atoms with van der Waals surface area (Å²) in [5.41, 5.74) is 2.15. The number of halogens is 3. The Morgan fingerprint density at radius 3 is 2.53 bits per heavy atom. The van der Waals surface area contributed by atoms with Crippen LogP contribution in [0, 0.1) is 18.6 Å². The molecular weight excluding hydrogens is 290 g/mol. The molecule has 0 unspecified atom stereocenters. The monoisotopic (exact) mass is 296 g/mol. The Balaban J connectivity index is 2.30. The maximum atomic E-state index is 13.3. The third-order valence-corrected chi connectivity index (χ3v) is 3.94. The number of aryl methyl sites for hydroxylation is 1. The van der Waals surface area contributed by atoms with Gasteiger partial charge in [0.2, 0.25) is 0 Å². The molecule has 6 heteroatoms. The van der Waals surface area contributed by atoms with Crippen LogP contribution in [0.2, 0.25) is 5.15 Å². The molecule has 0 aliphatic carbocycles. The molecule has 2 aromatic heterocycles. The third kappa shape index (κ3) is 2.09. The zero-order chi connectivity index (χ0) is 13.6. The Kier molecular flexibility index (Phi) is 2.95. The number of nitrogens with zero attached hydrogens (tertiary/aromatic N) is 2. The number of hydrogen-bond acceptors (Lipinski definition) is 3. The molecule has 0 spiro atoms. The van der Waals surface area contributed by atoms with Crippen molar-refractivity contribution in [2.75, 3.05) is 0 Å². The molecule has 19 heavy (non-hydrogen) atoms. The fraction of sp³-hybridized carbons (Fsp3) is 0.0769. The summed E-state index contributed by atoms with van der Waals surface area (Å²) in [6.07, 6.45) is 0. The maximum absolute atomic E-state index is 13.3. The molecule has 0 bridgehead atoms. The Bertz CT molecular complexity index is 786. The minimum atomic E-state index is -0.961. The zero-order valence-corrected chi connectivity index (χ0v) is 11.3. The molecule has 0 aliphatic rings. The number of aromatic nitrogens is 2. The van der Waals surface area contributed by atoms with Gasteiger partial charge < -0.3 is 0 Å². The lowest BCUT2D eigenvalue weighted by molar-refractivity contribution is 0.510. The van der Waals surface area contributed by atoms with Crippen LogP contribution < -0.4 is 0 Å². The molecule has 3 rings (SSSR count). The van der Waals surface area contributed by atoms with Crippen molar-refractivity contribution in [2.45, 2.75) is 6.92 Å². The van der Waals surface area contributed by atoms with Gasteiger partial charge in [-0.05, 0) is 23.9 Å². The van der Waals surface area contributed by atoms with Crippen molar-refractivity contribution in [3.8, 4) is 11.4 Å². The van der Waals surface area contributed by atoms with Gasteiger partial charge in [0.25, 0.3) is 0 Å². The topological polar surface area (TPSA) is 25.8 Å². The summed E-state index contributed by atoms with van der Waals surface area (Å²) in [6, 6.07) is 2.04. The quantitative estimate of drug-likeness (QED) is 0.613. The summed E-state index contributed by atoms with van der Waals surface area (Å²) < 4.78 is 26.4. The molecule has 0 radical (unpaired) electrons.